The van der Waals surface area contributed by atoms with Crippen LogP contribution in [0.5, 0.6) is 11.5 Å². The van der Waals surface area contributed by atoms with Crippen molar-refractivity contribution >= 4 is 35.3 Å². The highest BCUT2D eigenvalue weighted by Crippen LogP contribution is 2.45. The number of carbonyl (C=O) groups is 4. The standard InChI is InChI=1S/C60H66F3N11O11/c1-69(2)44-15-20-49-53(35-44)84-54-36-45(70(3)4)16-21-50(54)55(49)42-14-19-48(51(34-42)57(76)77)56(75)64-22-27-80-29-31-82-32-30-81-28-25-72-37-43(65-67-72)11-8-26-83-59(79)71-23-24-73(46(38-71)33-40-9-6-5-7-10-40)58(78)74-39-52(66-68-74)41-12-17-47(18-13-41)85-60(61,62)63/h5-7,9-10,12-21,34-37,39,44,46H,8,11,22-33,38H2,1-4H3,(H,64,75)(H,76,77). The van der Waals surface area contributed by atoms with Crippen LogP contribution in [0.4, 0.5) is 28.4 Å². The molecule has 4 aromatic carbocycles. The molecule has 0 radical (unpaired) electrons. The van der Waals surface area contributed by atoms with Gasteiger partial charge in [0.1, 0.15) is 23.0 Å². The number of halogens is 3. The number of hydrogen-bond acceptors (Lipinski definition) is 16. The summed E-state index contributed by atoms with van der Waals surface area (Å²) in [7, 11) is 7.86. The SMILES string of the molecule is CN(C)c1ccc2c(c1)OC1=CC(N(C)C)C=CC1=C2c1ccc(C(=O)NCCOCCOCCOCCn2cc(CCCOC(=O)N3CCN(C(=O)n4cc(-c5ccc(OC(F)(F)F)cc5)nn4)C(Cc4ccccc4)C3)nn2)c(C(=O)O)c1. The van der Waals surface area contributed by atoms with Crippen LogP contribution in [0.3, 0.4) is 0 Å². The van der Waals surface area contributed by atoms with Gasteiger partial charge in [-0.05, 0) is 99.1 Å². The van der Waals surface area contributed by atoms with Gasteiger partial charge in [0, 0.05) is 86.5 Å². The van der Waals surface area contributed by atoms with Crippen molar-refractivity contribution in [2.45, 2.75) is 44.3 Å². The number of aryl methyl sites for hydroxylation is 1. The average molecular weight is 1170 g/mol. The quantitative estimate of drug-likeness (QED) is 0.0539. The predicted molar refractivity (Wildman–Crippen MR) is 305 cm³/mol. The van der Waals surface area contributed by atoms with E-state index in [2.05, 4.69) is 41.7 Å². The molecule has 2 atom stereocenters. The minimum absolute atomic E-state index is 0.00905. The maximum atomic E-state index is 13.8. The van der Waals surface area contributed by atoms with Crippen molar-refractivity contribution in [1.82, 2.24) is 50.0 Å². The highest BCUT2D eigenvalue weighted by Gasteiger charge is 2.36. The minimum atomic E-state index is -4.83. The highest BCUT2D eigenvalue weighted by atomic mass is 19.4. The molecule has 22 nitrogen and oxygen atoms in total. The Kier molecular flexibility index (Phi) is 20.1. The number of likely N-dealkylation sites (N-methyl/N-ethyl adjacent to an activating group) is 1. The van der Waals surface area contributed by atoms with E-state index in [0.29, 0.717) is 74.9 Å². The van der Waals surface area contributed by atoms with Gasteiger partial charge in [0.25, 0.3) is 5.91 Å². The number of ether oxygens (including phenoxy) is 6. The summed E-state index contributed by atoms with van der Waals surface area (Å²) >= 11 is 0. The largest absolute Gasteiger partial charge is 0.573 e. The van der Waals surface area contributed by atoms with E-state index in [4.69, 9.17) is 23.7 Å². The molecule has 2 aliphatic heterocycles. The van der Waals surface area contributed by atoms with Crippen molar-refractivity contribution in [3.63, 3.8) is 0 Å². The number of carbonyl (C=O) groups excluding carboxylic acids is 3. The molecule has 448 valence electrons. The number of rotatable bonds is 25. The van der Waals surface area contributed by atoms with E-state index in [1.54, 1.807) is 26.6 Å². The van der Waals surface area contributed by atoms with E-state index in [9.17, 15) is 37.5 Å². The van der Waals surface area contributed by atoms with Crippen LogP contribution < -0.4 is 19.7 Å². The molecule has 3 aliphatic rings. The number of alkyl halides is 3. The number of aromatic nitrogens is 6. The van der Waals surface area contributed by atoms with E-state index in [1.165, 1.54) is 24.4 Å². The van der Waals surface area contributed by atoms with Crippen LogP contribution in [0.1, 0.15) is 49.5 Å². The molecule has 25 heteroatoms. The molecule has 4 heterocycles. The van der Waals surface area contributed by atoms with Crippen LogP contribution in [0.2, 0.25) is 0 Å². The Balaban J connectivity index is 0.643. The molecule has 3 amide bonds. The van der Waals surface area contributed by atoms with Gasteiger partial charge < -0.3 is 53.5 Å². The Bertz CT molecular complexity index is 3400. The molecule has 2 unspecified atom stereocenters. The average Bonchev–Trinajstić information content (AvgIpc) is 2.22. The van der Waals surface area contributed by atoms with Crippen molar-refractivity contribution < 1.29 is 65.9 Å². The lowest BCUT2D eigenvalue weighted by Gasteiger charge is -2.40. The molecule has 0 spiro atoms. The molecule has 9 rings (SSSR count). The summed E-state index contributed by atoms with van der Waals surface area (Å²) in [5, 5.41) is 29.5. The number of hydrogen-bond donors (Lipinski definition) is 2. The van der Waals surface area contributed by atoms with Gasteiger partial charge in [-0.3, -0.25) is 9.69 Å². The van der Waals surface area contributed by atoms with Crippen molar-refractivity contribution in [1.29, 1.82) is 0 Å². The van der Waals surface area contributed by atoms with Crippen molar-refractivity contribution in [2.24, 2.45) is 0 Å². The van der Waals surface area contributed by atoms with Gasteiger partial charge in [-0.15, -0.1) is 23.4 Å². The van der Waals surface area contributed by atoms with Crippen molar-refractivity contribution in [3.05, 3.63) is 166 Å². The lowest BCUT2D eigenvalue weighted by atomic mass is 9.85. The highest BCUT2D eigenvalue weighted by molar-refractivity contribution is 6.06. The monoisotopic (exact) mass is 1170 g/mol. The molecule has 0 bridgehead atoms. The van der Waals surface area contributed by atoms with Gasteiger partial charge in [0.15, 0.2) is 0 Å². The summed E-state index contributed by atoms with van der Waals surface area (Å²) in [6.07, 6.45) is 5.42. The van der Waals surface area contributed by atoms with Crippen LogP contribution in [0.25, 0.3) is 16.8 Å². The Morgan fingerprint density at radius 3 is 2.27 bits per heavy atom. The number of fused-ring (bicyclic) bond motifs is 2. The first-order valence-corrected chi connectivity index (χ1v) is 27.6. The summed E-state index contributed by atoms with van der Waals surface area (Å²) in [5.41, 5.74) is 6.31. The van der Waals surface area contributed by atoms with Crippen LogP contribution >= 0.6 is 0 Å². The Morgan fingerprint density at radius 2 is 1.54 bits per heavy atom. The molecule has 2 aromatic heterocycles. The zero-order valence-corrected chi connectivity index (χ0v) is 47.4. The van der Waals surface area contributed by atoms with Gasteiger partial charge in [-0.1, -0.05) is 59.0 Å². The first-order valence-electron chi connectivity index (χ1n) is 27.6. The number of nitrogens with one attached hydrogen (secondary N) is 1. The lowest BCUT2D eigenvalue weighted by Crippen LogP contribution is -2.58. The smallest absolute Gasteiger partial charge is 0.478 e. The van der Waals surface area contributed by atoms with E-state index in [0.717, 1.165) is 50.5 Å². The molecule has 1 aliphatic carbocycles. The van der Waals surface area contributed by atoms with Gasteiger partial charge in [-0.25, -0.2) is 19.1 Å². The number of aromatic carboxylic acids is 1. The maximum absolute atomic E-state index is 13.8. The third kappa shape index (κ3) is 16.1. The summed E-state index contributed by atoms with van der Waals surface area (Å²) in [6, 6.07) is 24.5. The zero-order chi connectivity index (χ0) is 60.0. The van der Waals surface area contributed by atoms with Crippen LogP contribution in [-0.4, -0.2) is 193 Å². The summed E-state index contributed by atoms with van der Waals surface area (Å²) in [6.45, 7) is 3.12. The molecule has 6 aromatic rings. The minimum Gasteiger partial charge on any atom is -0.478 e. The number of piperazine rings is 1. The fraction of sp³-hybridized carbons (Fsp3) is 0.367. The fourth-order valence-corrected chi connectivity index (χ4v) is 9.80. The molecule has 0 saturated carbocycles. The van der Waals surface area contributed by atoms with E-state index in [-0.39, 0.29) is 68.9 Å². The number of benzene rings is 4. The van der Waals surface area contributed by atoms with Gasteiger partial charge >= 0.3 is 24.5 Å². The zero-order valence-electron chi connectivity index (χ0n) is 47.4. The summed E-state index contributed by atoms with van der Waals surface area (Å²) < 4.78 is 73.7. The van der Waals surface area contributed by atoms with Gasteiger partial charge in [0.05, 0.1) is 81.9 Å². The van der Waals surface area contributed by atoms with Gasteiger partial charge in [0.2, 0.25) is 0 Å². The molecule has 1 fully saturated rings. The second-order valence-corrected chi connectivity index (χ2v) is 20.5. The third-order valence-corrected chi connectivity index (χ3v) is 14.2. The normalized spacial score (nSPS) is 15.7. The number of amides is 3. The van der Waals surface area contributed by atoms with E-state index < -0.39 is 42.2 Å². The van der Waals surface area contributed by atoms with E-state index in [1.807, 2.05) is 100.0 Å². The topological polar surface area (TPSA) is 230 Å². The number of allylic oxidation sites excluding steroid dienone is 1. The van der Waals surface area contributed by atoms with Crippen LogP contribution in [0.15, 0.2) is 133 Å². The summed E-state index contributed by atoms with van der Waals surface area (Å²) in [4.78, 5) is 60.3. The van der Waals surface area contributed by atoms with Crippen molar-refractivity contribution in [2.75, 3.05) is 106 Å². The van der Waals surface area contributed by atoms with Crippen molar-refractivity contribution in [3.8, 4) is 22.8 Å². The second-order valence-electron chi connectivity index (χ2n) is 20.5. The Labute approximate surface area is 488 Å². The van der Waals surface area contributed by atoms with Crippen LogP contribution in [-0.2, 0) is 38.3 Å². The van der Waals surface area contributed by atoms with Crippen LogP contribution in [0, 0.1) is 0 Å². The Morgan fingerprint density at radius 1 is 0.800 bits per heavy atom. The fourth-order valence-electron chi connectivity index (χ4n) is 9.80. The molecule has 2 N–H and O–H groups in total. The molecule has 85 heavy (non-hydrogen) atoms. The lowest BCUT2D eigenvalue weighted by molar-refractivity contribution is -0.274. The number of carboxylic acids is 1. The third-order valence-electron chi connectivity index (χ3n) is 14.2. The number of anilines is 1. The number of nitrogens with zero attached hydrogens (tertiary/aromatic N) is 10. The first kappa shape index (κ1) is 60.7. The Hall–Kier alpha value is -8.91. The predicted octanol–water partition coefficient (Wildman–Crippen LogP) is 7.22. The maximum Gasteiger partial charge on any atom is 0.573 e. The molecular formula is C60H66F3N11O11. The molecule has 1 saturated heterocycles. The summed E-state index contributed by atoms with van der Waals surface area (Å²) in [5.74, 6) is -0.833. The van der Waals surface area contributed by atoms with Gasteiger partial charge in [-0.2, -0.15) is 4.68 Å². The molecular weight excluding hydrogens is 1110 g/mol. The number of carboxylic acid groups (broad SMARTS) is 1. The van der Waals surface area contributed by atoms with E-state index >= 15 is 0 Å². The second kappa shape index (κ2) is 28.1. The first-order chi connectivity index (χ1) is 41.0.